The Kier molecular flexibility index (Phi) is 8.20. The van der Waals surface area contributed by atoms with Crippen molar-refractivity contribution >= 4 is 46.5 Å². The molecule has 1 aromatic heterocycles. The number of rotatable bonds is 5. The highest BCUT2D eigenvalue weighted by Gasteiger charge is 2.29. The highest BCUT2D eigenvalue weighted by molar-refractivity contribution is 6.31. The minimum atomic E-state index is -0.403. The first-order valence-corrected chi connectivity index (χ1v) is 12.2. The minimum Gasteiger partial charge on any atom is -0.325 e. The van der Waals surface area contributed by atoms with Gasteiger partial charge in [-0.15, -0.1) is 0 Å². The number of carbonyl (C=O) groups excluding carboxylic acids is 2. The SMILES string of the molecule is O=C(Nc1ccc(Cl)cn1)c1cc(Cl)ccc1NC(=O)C1CCN(C2CCCNCC2)CC1. The van der Waals surface area contributed by atoms with E-state index < -0.39 is 5.91 Å². The monoisotopic (exact) mass is 489 g/mol. The van der Waals surface area contributed by atoms with E-state index in [2.05, 4.69) is 25.8 Å². The average Bonchev–Trinajstić information content (AvgIpc) is 3.11. The molecule has 2 aromatic rings. The molecule has 1 atom stereocenters. The Hall–Kier alpha value is -2.19. The molecule has 3 heterocycles. The Labute approximate surface area is 204 Å². The normalized spacial score (nSPS) is 20.1. The van der Waals surface area contributed by atoms with E-state index in [0.717, 1.165) is 39.0 Å². The Bertz CT molecular complexity index is 969. The van der Waals surface area contributed by atoms with E-state index in [0.29, 0.717) is 27.6 Å². The van der Waals surface area contributed by atoms with Crippen LogP contribution >= 0.6 is 23.2 Å². The Morgan fingerprint density at radius 1 is 0.970 bits per heavy atom. The topological polar surface area (TPSA) is 86.4 Å². The first-order chi connectivity index (χ1) is 16.0. The van der Waals surface area contributed by atoms with Crippen molar-refractivity contribution in [3.8, 4) is 0 Å². The second-order valence-electron chi connectivity index (χ2n) is 8.64. The third-order valence-electron chi connectivity index (χ3n) is 6.42. The summed E-state index contributed by atoms with van der Waals surface area (Å²) in [5, 5.41) is 10.0. The van der Waals surface area contributed by atoms with Crippen molar-refractivity contribution in [1.82, 2.24) is 15.2 Å². The van der Waals surface area contributed by atoms with E-state index in [1.54, 1.807) is 30.3 Å². The number of hydrogen-bond acceptors (Lipinski definition) is 5. The van der Waals surface area contributed by atoms with Gasteiger partial charge in [-0.25, -0.2) is 4.98 Å². The summed E-state index contributed by atoms with van der Waals surface area (Å²) in [7, 11) is 0. The summed E-state index contributed by atoms with van der Waals surface area (Å²) in [4.78, 5) is 32.5. The largest absolute Gasteiger partial charge is 0.325 e. The number of amides is 2. The Balaban J connectivity index is 1.38. The van der Waals surface area contributed by atoms with E-state index in [1.807, 2.05) is 0 Å². The van der Waals surface area contributed by atoms with Crippen LogP contribution in [0.25, 0.3) is 0 Å². The fourth-order valence-electron chi connectivity index (χ4n) is 4.57. The van der Waals surface area contributed by atoms with Crippen LogP contribution in [-0.4, -0.2) is 53.9 Å². The van der Waals surface area contributed by atoms with Crippen molar-refractivity contribution in [3.63, 3.8) is 0 Å². The van der Waals surface area contributed by atoms with Crippen molar-refractivity contribution < 1.29 is 9.59 Å². The number of likely N-dealkylation sites (tertiary alicyclic amines) is 1. The third kappa shape index (κ3) is 6.44. The second kappa shape index (κ2) is 11.3. The molecule has 2 amide bonds. The zero-order valence-electron chi connectivity index (χ0n) is 18.4. The molecule has 2 aliphatic rings. The van der Waals surface area contributed by atoms with Crippen LogP contribution in [0.5, 0.6) is 0 Å². The molecule has 9 heteroatoms. The smallest absolute Gasteiger partial charge is 0.258 e. The predicted octanol–water partition coefficient (Wildman–Crippen LogP) is 4.43. The molecule has 2 saturated heterocycles. The summed E-state index contributed by atoms with van der Waals surface area (Å²) in [6, 6.07) is 8.74. The van der Waals surface area contributed by atoms with Gasteiger partial charge in [-0.3, -0.25) is 9.59 Å². The zero-order chi connectivity index (χ0) is 23.2. The molecule has 1 unspecified atom stereocenters. The fraction of sp³-hybridized carbons (Fsp3) is 0.458. The molecule has 33 heavy (non-hydrogen) atoms. The zero-order valence-corrected chi connectivity index (χ0v) is 20.0. The van der Waals surface area contributed by atoms with Gasteiger partial charge in [0.1, 0.15) is 5.82 Å². The van der Waals surface area contributed by atoms with Crippen molar-refractivity contribution in [1.29, 1.82) is 0 Å². The van der Waals surface area contributed by atoms with Gasteiger partial charge in [-0.1, -0.05) is 23.2 Å². The minimum absolute atomic E-state index is 0.0572. The molecule has 0 spiro atoms. The van der Waals surface area contributed by atoms with Crippen molar-refractivity contribution in [3.05, 3.63) is 52.1 Å². The summed E-state index contributed by atoms with van der Waals surface area (Å²) >= 11 is 12.0. The lowest BCUT2D eigenvalue weighted by atomic mass is 9.93. The summed E-state index contributed by atoms with van der Waals surface area (Å²) in [5.74, 6) is -0.171. The van der Waals surface area contributed by atoms with Gasteiger partial charge in [0.15, 0.2) is 0 Å². The van der Waals surface area contributed by atoms with E-state index in [-0.39, 0.29) is 17.4 Å². The van der Waals surface area contributed by atoms with Crippen LogP contribution < -0.4 is 16.0 Å². The number of nitrogens with one attached hydrogen (secondary N) is 3. The predicted molar refractivity (Wildman–Crippen MR) is 132 cm³/mol. The van der Waals surface area contributed by atoms with Crippen LogP contribution in [0.3, 0.4) is 0 Å². The lowest BCUT2D eigenvalue weighted by Crippen LogP contribution is -2.44. The molecule has 0 saturated carbocycles. The van der Waals surface area contributed by atoms with Crippen LogP contribution in [0.4, 0.5) is 11.5 Å². The molecule has 3 N–H and O–H groups in total. The van der Waals surface area contributed by atoms with Gasteiger partial charge in [-0.2, -0.15) is 0 Å². The van der Waals surface area contributed by atoms with E-state index in [1.165, 1.54) is 25.5 Å². The summed E-state index contributed by atoms with van der Waals surface area (Å²) in [5.41, 5.74) is 0.726. The summed E-state index contributed by atoms with van der Waals surface area (Å²) < 4.78 is 0. The molecule has 2 fully saturated rings. The molecule has 2 aliphatic heterocycles. The van der Waals surface area contributed by atoms with Gasteiger partial charge in [0.2, 0.25) is 5.91 Å². The second-order valence-corrected chi connectivity index (χ2v) is 9.51. The van der Waals surface area contributed by atoms with Gasteiger partial charge in [0.25, 0.3) is 5.91 Å². The van der Waals surface area contributed by atoms with Crippen molar-refractivity contribution in [2.45, 2.75) is 38.1 Å². The molecule has 0 aliphatic carbocycles. The van der Waals surface area contributed by atoms with Crippen molar-refractivity contribution in [2.24, 2.45) is 5.92 Å². The molecule has 1 aromatic carbocycles. The first-order valence-electron chi connectivity index (χ1n) is 11.5. The number of carbonyl (C=O) groups is 2. The molecule has 176 valence electrons. The molecular formula is C24H29Cl2N5O2. The van der Waals surface area contributed by atoms with Crippen LogP contribution in [0, 0.1) is 5.92 Å². The molecule has 7 nitrogen and oxygen atoms in total. The lowest BCUT2D eigenvalue weighted by Gasteiger charge is -2.36. The molecule has 0 bridgehead atoms. The van der Waals surface area contributed by atoms with Gasteiger partial charge in [-0.05, 0) is 88.6 Å². The number of aromatic nitrogens is 1. The fourth-order valence-corrected chi connectivity index (χ4v) is 4.86. The Morgan fingerprint density at radius 2 is 1.76 bits per heavy atom. The maximum absolute atomic E-state index is 13.0. The highest BCUT2D eigenvalue weighted by Crippen LogP contribution is 2.26. The van der Waals surface area contributed by atoms with E-state index in [9.17, 15) is 9.59 Å². The van der Waals surface area contributed by atoms with Crippen LogP contribution in [0.15, 0.2) is 36.5 Å². The number of anilines is 2. The highest BCUT2D eigenvalue weighted by atomic mass is 35.5. The Morgan fingerprint density at radius 3 is 2.52 bits per heavy atom. The average molecular weight is 490 g/mol. The van der Waals surface area contributed by atoms with Gasteiger partial charge < -0.3 is 20.9 Å². The lowest BCUT2D eigenvalue weighted by molar-refractivity contribution is -0.121. The molecule has 0 radical (unpaired) electrons. The number of halogens is 2. The standard InChI is InChI=1S/C24H29Cl2N5O2/c25-17-3-5-21(20(14-17)24(33)30-22-6-4-18(26)15-28-22)29-23(32)16-8-12-31(13-9-16)19-2-1-10-27-11-7-19/h3-6,14-16,19,27H,1-2,7-13H2,(H,29,32)(H,28,30,33). The maximum atomic E-state index is 13.0. The molecular weight excluding hydrogens is 461 g/mol. The van der Waals surface area contributed by atoms with Crippen LogP contribution in [-0.2, 0) is 4.79 Å². The van der Waals surface area contributed by atoms with Crippen LogP contribution in [0.2, 0.25) is 10.0 Å². The quantitative estimate of drug-likeness (QED) is 0.577. The number of benzene rings is 1. The third-order valence-corrected chi connectivity index (χ3v) is 6.87. The van der Waals surface area contributed by atoms with Gasteiger partial charge in [0.05, 0.1) is 16.3 Å². The summed E-state index contributed by atoms with van der Waals surface area (Å²) in [6.45, 7) is 4.02. The first kappa shape index (κ1) is 24.0. The summed E-state index contributed by atoms with van der Waals surface area (Å²) in [6.07, 6.45) is 6.69. The molecule has 4 rings (SSSR count). The van der Waals surface area contributed by atoms with Gasteiger partial charge in [0, 0.05) is 23.2 Å². The maximum Gasteiger partial charge on any atom is 0.258 e. The van der Waals surface area contributed by atoms with Gasteiger partial charge >= 0.3 is 0 Å². The number of pyridine rings is 1. The number of hydrogen-bond donors (Lipinski definition) is 3. The van der Waals surface area contributed by atoms with E-state index >= 15 is 0 Å². The number of piperidine rings is 1. The van der Waals surface area contributed by atoms with Crippen molar-refractivity contribution in [2.75, 3.05) is 36.8 Å². The van der Waals surface area contributed by atoms with E-state index in [4.69, 9.17) is 23.2 Å². The number of nitrogens with zero attached hydrogens (tertiary/aromatic N) is 2. The van der Waals surface area contributed by atoms with Crippen LogP contribution in [0.1, 0.15) is 42.5 Å².